The highest BCUT2D eigenvalue weighted by Gasteiger charge is 2.10. The largest absolute Gasteiger partial charge is 0.366 e. The first-order valence-electron chi connectivity index (χ1n) is 5.67. The van der Waals surface area contributed by atoms with Crippen LogP contribution in [0.2, 0.25) is 5.02 Å². The van der Waals surface area contributed by atoms with E-state index in [0.29, 0.717) is 10.6 Å². The molecule has 0 saturated carbocycles. The number of carbonyl (C=O) groups is 1. The minimum atomic E-state index is -0.471. The third-order valence-electron chi connectivity index (χ3n) is 3.13. The summed E-state index contributed by atoms with van der Waals surface area (Å²) in [6.45, 7) is 0. The summed E-state index contributed by atoms with van der Waals surface area (Å²) in [5.41, 5.74) is 5.86. The average molecular weight is 335 g/mol. The molecule has 2 N–H and O–H groups in total. The first-order valence-corrected chi connectivity index (χ1v) is 6.85. The third kappa shape index (κ3) is 2.09. The zero-order valence-corrected chi connectivity index (χ0v) is 12.1. The van der Waals surface area contributed by atoms with Gasteiger partial charge in [0.25, 0.3) is 0 Å². The van der Waals surface area contributed by atoms with Crippen LogP contribution >= 0.6 is 27.5 Å². The Bertz CT molecular complexity index is 829. The van der Waals surface area contributed by atoms with E-state index >= 15 is 0 Å². The van der Waals surface area contributed by atoms with E-state index in [1.165, 1.54) is 0 Å². The molecule has 4 heteroatoms. The minimum Gasteiger partial charge on any atom is -0.366 e. The van der Waals surface area contributed by atoms with E-state index < -0.39 is 5.91 Å². The van der Waals surface area contributed by atoms with Gasteiger partial charge >= 0.3 is 0 Å². The lowest BCUT2D eigenvalue weighted by Gasteiger charge is -2.08. The van der Waals surface area contributed by atoms with E-state index in [0.717, 1.165) is 26.0 Å². The summed E-state index contributed by atoms with van der Waals surface area (Å²) >= 11 is 9.56. The average Bonchev–Trinajstić information content (AvgIpc) is 2.36. The number of carbonyl (C=O) groups excluding carboxylic acids is 1. The molecule has 19 heavy (non-hydrogen) atoms. The molecule has 0 aliphatic carbocycles. The SMILES string of the molecule is NC(=O)c1cc(Cl)cc2cc3c(Br)cccc3cc12. The maximum atomic E-state index is 11.5. The molecule has 0 unspecified atom stereocenters. The summed E-state index contributed by atoms with van der Waals surface area (Å²) in [4.78, 5) is 11.5. The molecule has 0 aliphatic heterocycles. The van der Waals surface area contributed by atoms with Crippen molar-refractivity contribution in [3.8, 4) is 0 Å². The Morgan fingerprint density at radius 1 is 1.05 bits per heavy atom. The predicted molar refractivity (Wildman–Crippen MR) is 82.7 cm³/mol. The highest BCUT2D eigenvalue weighted by molar-refractivity contribution is 9.10. The van der Waals surface area contributed by atoms with Crippen LogP contribution in [0.25, 0.3) is 21.5 Å². The number of hydrogen-bond acceptors (Lipinski definition) is 1. The van der Waals surface area contributed by atoms with Crippen LogP contribution in [0.5, 0.6) is 0 Å². The number of amides is 1. The van der Waals surface area contributed by atoms with Crippen molar-refractivity contribution in [2.75, 3.05) is 0 Å². The molecule has 0 fully saturated rings. The van der Waals surface area contributed by atoms with Crippen molar-refractivity contribution in [3.63, 3.8) is 0 Å². The molecular formula is C15H9BrClNO. The number of fused-ring (bicyclic) bond motifs is 2. The maximum Gasteiger partial charge on any atom is 0.249 e. The summed E-state index contributed by atoms with van der Waals surface area (Å²) < 4.78 is 1.01. The molecule has 3 rings (SSSR count). The van der Waals surface area contributed by atoms with Crippen LogP contribution in [0.3, 0.4) is 0 Å². The Kier molecular flexibility index (Phi) is 2.96. The Balaban J connectivity index is 2.51. The molecule has 0 aromatic heterocycles. The van der Waals surface area contributed by atoms with Crippen LogP contribution in [-0.4, -0.2) is 5.91 Å². The van der Waals surface area contributed by atoms with E-state index in [9.17, 15) is 4.79 Å². The van der Waals surface area contributed by atoms with E-state index in [2.05, 4.69) is 15.9 Å². The van der Waals surface area contributed by atoms with Crippen LogP contribution < -0.4 is 5.73 Å². The van der Waals surface area contributed by atoms with E-state index in [1.807, 2.05) is 36.4 Å². The Morgan fingerprint density at radius 3 is 2.53 bits per heavy atom. The Hall–Kier alpha value is -1.58. The van der Waals surface area contributed by atoms with Gasteiger partial charge in [-0.1, -0.05) is 39.7 Å². The maximum absolute atomic E-state index is 11.5. The lowest BCUT2D eigenvalue weighted by atomic mass is 9.99. The van der Waals surface area contributed by atoms with Crippen molar-refractivity contribution in [2.24, 2.45) is 5.73 Å². The normalized spacial score (nSPS) is 11.1. The quantitative estimate of drug-likeness (QED) is 0.654. The van der Waals surface area contributed by atoms with Crippen LogP contribution in [0.15, 0.2) is 46.9 Å². The number of nitrogens with two attached hydrogens (primary N) is 1. The van der Waals surface area contributed by atoms with Gasteiger partial charge in [-0.15, -0.1) is 0 Å². The number of rotatable bonds is 1. The fraction of sp³-hybridized carbons (Fsp3) is 0. The summed E-state index contributed by atoms with van der Waals surface area (Å²) in [5, 5.41) is 4.36. The van der Waals surface area contributed by atoms with Crippen molar-refractivity contribution < 1.29 is 4.79 Å². The van der Waals surface area contributed by atoms with Crippen LogP contribution in [0, 0.1) is 0 Å². The Morgan fingerprint density at radius 2 is 1.79 bits per heavy atom. The number of hydrogen-bond donors (Lipinski definition) is 1. The molecule has 0 atom stereocenters. The van der Waals surface area contributed by atoms with E-state index in [4.69, 9.17) is 17.3 Å². The molecule has 0 radical (unpaired) electrons. The lowest BCUT2D eigenvalue weighted by Crippen LogP contribution is -2.11. The fourth-order valence-corrected chi connectivity index (χ4v) is 2.99. The zero-order chi connectivity index (χ0) is 13.6. The molecule has 3 aromatic rings. The molecule has 0 aliphatic rings. The van der Waals surface area contributed by atoms with Crippen molar-refractivity contribution in [1.29, 1.82) is 0 Å². The molecule has 2 nitrogen and oxygen atoms in total. The number of benzene rings is 3. The monoisotopic (exact) mass is 333 g/mol. The van der Waals surface area contributed by atoms with Crippen molar-refractivity contribution in [1.82, 2.24) is 0 Å². The second-order valence-electron chi connectivity index (χ2n) is 4.35. The summed E-state index contributed by atoms with van der Waals surface area (Å²) in [7, 11) is 0. The molecule has 1 amide bonds. The van der Waals surface area contributed by atoms with Crippen LogP contribution in [-0.2, 0) is 0 Å². The van der Waals surface area contributed by atoms with Gasteiger partial charge in [-0.3, -0.25) is 4.79 Å². The second-order valence-corrected chi connectivity index (χ2v) is 5.64. The highest BCUT2D eigenvalue weighted by Crippen LogP contribution is 2.31. The van der Waals surface area contributed by atoms with Crippen molar-refractivity contribution in [3.05, 3.63) is 57.5 Å². The van der Waals surface area contributed by atoms with Gasteiger partial charge in [0.1, 0.15) is 0 Å². The molecule has 0 heterocycles. The second kappa shape index (κ2) is 4.51. The van der Waals surface area contributed by atoms with Crippen molar-refractivity contribution in [2.45, 2.75) is 0 Å². The summed E-state index contributed by atoms with van der Waals surface area (Å²) in [6, 6.07) is 13.3. The first kappa shape index (κ1) is 12.5. The third-order valence-corrected chi connectivity index (χ3v) is 4.04. The Labute approximate surface area is 123 Å². The van der Waals surface area contributed by atoms with E-state index in [-0.39, 0.29) is 0 Å². The summed E-state index contributed by atoms with van der Waals surface area (Å²) in [5.74, 6) is -0.471. The topological polar surface area (TPSA) is 43.1 Å². The van der Waals surface area contributed by atoms with Gasteiger partial charge in [-0.25, -0.2) is 0 Å². The molecule has 0 saturated heterocycles. The van der Waals surface area contributed by atoms with Crippen LogP contribution in [0.4, 0.5) is 0 Å². The standard InChI is InChI=1S/C15H9BrClNO/c16-14-3-1-2-8-5-11-9(6-12(8)14)4-10(17)7-13(11)15(18)19/h1-7H,(H2,18,19). The molecular weight excluding hydrogens is 326 g/mol. The van der Waals surface area contributed by atoms with Crippen LogP contribution in [0.1, 0.15) is 10.4 Å². The molecule has 0 bridgehead atoms. The van der Waals surface area contributed by atoms with E-state index in [1.54, 1.807) is 6.07 Å². The van der Waals surface area contributed by atoms with Crippen molar-refractivity contribution >= 4 is 55.0 Å². The molecule has 0 spiro atoms. The lowest BCUT2D eigenvalue weighted by molar-refractivity contribution is 0.100. The van der Waals surface area contributed by atoms with Gasteiger partial charge in [0, 0.05) is 15.1 Å². The smallest absolute Gasteiger partial charge is 0.249 e. The van der Waals surface area contributed by atoms with Gasteiger partial charge in [-0.2, -0.15) is 0 Å². The predicted octanol–water partition coefficient (Wildman–Crippen LogP) is 4.51. The minimum absolute atomic E-state index is 0.448. The highest BCUT2D eigenvalue weighted by atomic mass is 79.9. The fourth-order valence-electron chi connectivity index (χ4n) is 2.27. The molecule has 3 aromatic carbocycles. The summed E-state index contributed by atoms with van der Waals surface area (Å²) in [6.07, 6.45) is 0. The van der Waals surface area contributed by atoms with Gasteiger partial charge in [0.15, 0.2) is 0 Å². The van der Waals surface area contributed by atoms with Gasteiger partial charge in [0.2, 0.25) is 5.91 Å². The van der Waals surface area contributed by atoms with Gasteiger partial charge in [0.05, 0.1) is 0 Å². The number of halogens is 2. The van der Waals surface area contributed by atoms with Gasteiger partial charge < -0.3 is 5.73 Å². The zero-order valence-electron chi connectivity index (χ0n) is 9.78. The number of primary amides is 1. The van der Waals surface area contributed by atoms with Gasteiger partial charge in [-0.05, 0) is 51.9 Å². The molecule has 94 valence electrons. The first-order chi connectivity index (χ1) is 9.06.